The molecule has 4 atom stereocenters. The second kappa shape index (κ2) is 12.0. The second-order valence-corrected chi connectivity index (χ2v) is 13.7. The molecule has 1 amide bonds. The van der Waals surface area contributed by atoms with E-state index in [1.807, 2.05) is 11.0 Å². The highest BCUT2D eigenvalue weighted by atomic mass is 32.2. The van der Waals surface area contributed by atoms with Gasteiger partial charge in [0.2, 0.25) is 15.9 Å². The summed E-state index contributed by atoms with van der Waals surface area (Å²) in [5, 5.41) is 0. The molecule has 1 aromatic carbocycles. The van der Waals surface area contributed by atoms with E-state index in [0.29, 0.717) is 31.1 Å². The van der Waals surface area contributed by atoms with Gasteiger partial charge in [-0.05, 0) is 45.1 Å². The zero-order chi connectivity index (χ0) is 27.6. The first-order valence-electron chi connectivity index (χ1n) is 14.1. The van der Waals surface area contributed by atoms with Gasteiger partial charge in [0, 0.05) is 64.3 Å². The number of benzene rings is 1. The van der Waals surface area contributed by atoms with Gasteiger partial charge in [-0.25, -0.2) is 8.42 Å². The minimum atomic E-state index is -3.20. The molecule has 0 bridgehead atoms. The number of sulfonamides is 1. The largest absolute Gasteiger partial charge is 0.340 e. The van der Waals surface area contributed by atoms with Crippen LogP contribution >= 0.6 is 0 Å². The molecule has 0 spiro atoms. The van der Waals surface area contributed by atoms with Crippen molar-refractivity contribution in [2.24, 2.45) is 5.92 Å². The summed E-state index contributed by atoms with van der Waals surface area (Å²) in [6.45, 7) is 14.9. The van der Waals surface area contributed by atoms with Crippen LogP contribution in [0.4, 0.5) is 0 Å². The average molecular weight is 543 g/mol. The van der Waals surface area contributed by atoms with Crippen molar-refractivity contribution in [1.82, 2.24) is 19.0 Å². The smallest absolute Gasteiger partial charge is 0.219 e. The van der Waals surface area contributed by atoms with E-state index in [9.17, 15) is 13.2 Å². The van der Waals surface area contributed by atoms with Crippen molar-refractivity contribution in [3.63, 3.8) is 0 Å². The van der Waals surface area contributed by atoms with Gasteiger partial charge in [-0.3, -0.25) is 14.6 Å². The normalized spacial score (nSPS) is 27.2. The Morgan fingerprint density at radius 3 is 2.24 bits per heavy atom. The Labute approximate surface area is 230 Å². The number of nitrogens with zero attached hydrogens (tertiary/aromatic N) is 4. The first-order chi connectivity index (χ1) is 18.0. The molecule has 1 aliphatic carbocycles. The summed E-state index contributed by atoms with van der Waals surface area (Å²) in [4.78, 5) is 19.2. The number of rotatable bonds is 7. The van der Waals surface area contributed by atoms with Crippen molar-refractivity contribution in [3.05, 3.63) is 59.2 Å². The maximum Gasteiger partial charge on any atom is 0.219 e. The predicted molar refractivity (Wildman–Crippen MR) is 154 cm³/mol. The van der Waals surface area contributed by atoms with Gasteiger partial charge in [-0.15, -0.1) is 0 Å². The van der Waals surface area contributed by atoms with Crippen LogP contribution in [0.2, 0.25) is 0 Å². The first-order valence-corrected chi connectivity index (χ1v) is 16.0. The molecule has 1 aromatic rings. The Kier molecular flexibility index (Phi) is 9.18. The van der Waals surface area contributed by atoms with Crippen LogP contribution in [0.5, 0.6) is 0 Å². The maximum atomic E-state index is 12.3. The lowest BCUT2D eigenvalue weighted by Crippen LogP contribution is -2.57. The Morgan fingerprint density at radius 1 is 0.947 bits per heavy atom. The predicted octanol–water partition coefficient (Wildman–Crippen LogP) is 3.92. The molecular formula is C30H46N4O3S. The fourth-order valence-electron chi connectivity index (χ4n) is 6.51. The van der Waals surface area contributed by atoms with Crippen molar-refractivity contribution >= 4 is 15.9 Å². The molecule has 210 valence electrons. The van der Waals surface area contributed by atoms with E-state index in [2.05, 4.69) is 73.9 Å². The number of carbonyl (C=O) groups is 1. The highest BCUT2D eigenvalue weighted by Crippen LogP contribution is 2.36. The fraction of sp³-hybridized carbons (Fsp3) is 0.633. The number of piperazine rings is 2. The monoisotopic (exact) mass is 542 g/mol. The summed E-state index contributed by atoms with van der Waals surface area (Å²) in [6.07, 6.45) is 7.86. The Balaban J connectivity index is 1.51. The van der Waals surface area contributed by atoms with Crippen LogP contribution in [0.25, 0.3) is 0 Å². The molecule has 7 nitrogen and oxygen atoms in total. The molecule has 4 unspecified atom stereocenters. The quantitative estimate of drug-likeness (QED) is 0.523. The first kappa shape index (κ1) is 29.0. The Bertz CT molecular complexity index is 1150. The molecule has 0 N–H and O–H groups in total. The molecule has 0 radical (unpaired) electrons. The lowest BCUT2D eigenvalue weighted by Gasteiger charge is -2.46. The van der Waals surface area contributed by atoms with Gasteiger partial charge in [0.15, 0.2) is 0 Å². The van der Waals surface area contributed by atoms with E-state index in [0.717, 1.165) is 39.0 Å². The lowest BCUT2D eigenvalue weighted by atomic mass is 9.81. The Hall–Kier alpha value is -2.00. The summed E-state index contributed by atoms with van der Waals surface area (Å²) in [7, 11) is -3.20. The van der Waals surface area contributed by atoms with Crippen LogP contribution in [0, 0.1) is 5.92 Å². The molecule has 38 heavy (non-hydrogen) atoms. The van der Waals surface area contributed by atoms with Crippen LogP contribution < -0.4 is 0 Å². The van der Waals surface area contributed by atoms with Crippen LogP contribution in [-0.2, 0) is 14.8 Å². The summed E-state index contributed by atoms with van der Waals surface area (Å²) in [5.74, 6) is 0.556. The summed E-state index contributed by atoms with van der Waals surface area (Å²) >= 11 is 0. The molecule has 0 saturated carbocycles. The van der Waals surface area contributed by atoms with Gasteiger partial charge in [-0.1, -0.05) is 60.6 Å². The molecule has 2 aliphatic heterocycles. The van der Waals surface area contributed by atoms with Crippen LogP contribution in [0.15, 0.2) is 53.6 Å². The molecular weight excluding hydrogens is 496 g/mol. The van der Waals surface area contributed by atoms with E-state index in [1.54, 1.807) is 11.2 Å². The molecule has 2 fully saturated rings. The van der Waals surface area contributed by atoms with E-state index < -0.39 is 10.0 Å². The van der Waals surface area contributed by atoms with E-state index in [4.69, 9.17) is 0 Å². The third-order valence-electron chi connectivity index (χ3n) is 8.78. The van der Waals surface area contributed by atoms with Crippen molar-refractivity contribution in [2.75, 3.05) is 45.5 Å². The lowest BCUT2D eigenvalue weighted by molar-refractivity contribution is -0.132. The zero-order valence-electron chi connectivity index (χ0n) is 24.0. The minimum Gasteiger partial charge on any atom is -0.340 e. The highest BCUT2D eigenvalue weighted by molar-refractivity contribution is 7.88. The molecule has 3 aliphatic rings. The summed E-state index contributed by atoms with van der Waals surface area (Å²) in [6, 6.07) is 11.6. The topological polar surface area (TPSA) is 64.2 Å². The van der Waals surface area contributed by atoms with Gasteiger partial charge < -0.3 is 4.90 Å². The number of carbonyl (C=O) groups excluding carboxylic acids is 1. The van der Waals surface area contributed by atoms with Crippen molar-refractivity contribution < 1.29 is 13.2 Å². The van der Waals surface area contributed by atoms with E-state index in [1.165, 1.54) is 23.0 Å². The maximum absolute atomic E-state index is 12.3. The van der Waals surface area contributed by atoms with Gasteiger partial charge in [0.1, 0.15) is 0 Å². The molecule has 4 rings (SSSR count). The summed E-state index contributed by atoms with van der Waals surface area (Å²) < 4.78 is 26.3. The van der Waals surface area contributed by atoms with E-state index in [-0.39, 0.29) is 18.0 Å². The van der Waals surface area contributed by atoms with Crippen LogP contribution in [0.3, 0.4) is 0 Å². The fourth-order valence-corrected chi connectivity index (χ4v) is 7.34. The van der Waals surface area contributed by atoms with Gasteiger partial charge in [0.05, 0.1) is 12.3 Å². The molecule has 2 heterocycles. The number of hydrogen-bond acceptors (Lipinski definition) is 5. The van der Waals surface area contributed by atoms with Gasteiger partial charge in [-0.2, -0.15) is 4.31 Å². The van der Waals surface area contributed by atoms with Crippen LogP contribution in [0.1, 0.15) is 59.1 Å². The van der Waals surface area contributed by atoms with Gasteiger partial charge in [0.25, 0.3) is 0 Å². The third kappa shape index (κ3) is 6.58. The number of hydrogen-bond donors (Lipinski definition) is 0. The highest BCUT2D eigenvalue weighted by Gasteiger charge is 2.37. The van der Waals surface area contributed by atoms with E-state index >= 15 is 0 Å². The molecule has 8 heteroatoms. The van der Waals surface area contributed by atoms with Crippen molar-refractivity contribution in [2.45, 2.75) is 71.6 Å². The number of amides is 1. The SMILES string of the molecule is CC(=O)N1CCN(C(C)CC2=CC=C(C3CN(S(C)(=O)=O)CCN3C(C)C)CC2C)C(c2ccccc2)C1. The second-order valence-electron chi connectivity index (χ2n) is 11.7. The van der Waals surface area contributed by atoms with Crippen molar-refractivity contribution in [3.8, 4) is 0 Å². The van der Waals surface area contributed by atoms with Crippen molar-refractivity contribution in [1.29, 1.82) is 0 Å². The number of allylic oxidation sites excluding steroid dienone is 2. The Morgan fingerprint density at radius 2 is 1.63 bits per heavy atom. The molecule has 0 aromatic heterocycles. The average Bonchev–Trinajstić information content (AvgIpc) is 2.89. The minimum absolute atomic E-state index is 0.123. The third-order valence-corrected chi connectivity index (χ3v) is 10.0. The molecule has 2 saturated heterocycles. The zero-order valence-corrected chi connectivity index (χ0v) is 24.8. The summed E-state index contributed by atoms with van der Waals surface area (Å²) in [5.41, 5.74) is 4.06. The van der Waals surface area contributed by atoms with Crippen LogP contribution in [-0.4, -0.2) is 97.0 Å². The standard InChI is InChI=1S/C30H46N4O3S/c1-22(2)33-17-15-32(38(6,36)37)21-30(33)28-13-12-27(23(3)18-28)19-24(4)34-16-14-31(25(5)35)20-29(34)26-10-8-7-9-11-26/h7-13,22-24,29-30H,14-21H2,1-6H3. The van der Waals surface area contributed by atoms with Gasteiger partial charge >= 0.3 is 0 Å².